The molecule has 1 aromatic heterocycles. The number of hydrogen-bond donors (Lipinski definition) is 1. The van der Waals surface area contributed by atoms with Crippen LogP contribution >= 0.6 is 11.6 Å². The van der Waals surface area contributed by atoms with E-state index in [1.165, 1.54) is 18.3 Å². The molecule has 0 bridgehead atoms. The minimum Gasteiger partial charge on any atom is -0.497 e. The first kappa shape index (κ1) is 23.0. The molecule has 4 rings (SSSR count). The second-order valence-corrected chi connectivity index (χ2v) is 7.77. The molecule has 3 aromatic carbocycles. The van der Waals surface area contributed by atoms with Gasteiger partial charge in [0.1, 0.15) is 23.4 Å². The maximum Gasteiger partial charge on any atom is 0.198 e. The van der Waals surface area contributed by atoms with E-state index in [4.69, 9.17) is 21.1 Å². The van der Waals surface area contributed by atoms with Crippen molar-refractivity contribution < 1.29 is 18.7 Å². The number of fused-ring (bicyclic) bond motifs is 1. The molecule has 4 aromatic rings. The van der Waals surface area contributed by atoms with Gasteiger partial charge in [-0.2, -0.15) is 5.26 Å². The van der Waals surface area contributed by atoms with Gasteiger partial charge in [0.05, 0.1) is 30.4 Å². The number of hydrogen-bond acceptors (Lipinski definition) is 6. The second-order valence-electron chi connectivity index (χ2n) is 7.37. The molecule has 0 fully saturated rings. The van der Waals surface area contributed by atoms with Crippen LogP contribution < -0.4 is 14.8 Å². The summed E-state index contributed by atoms with van der Waals surface area (Å²) in [5, 5.41) is 14.5. The summed E-state index contributed by atoms with van der Waals surface area (Å²) in [5.41, 5.74) is 1.38. The highest BCUT2D eigenvalue weighted by Crippen LogP contribution is 2.33. The van der Waals surface area contributed by atoms with Gasteiger partial charge in [-0.3, -0.25) is 9.78 Å². The standard InChI is InChI=1S/C26H19ClFN3O3/c1-33-18-5-3-16(24(11-18)34-2)13-31-23-9-15-7-8-30-14-21(15)20(12-29)25(23)26(32)19-10-17(28)4-6-22(19)27/h3-11,14,31H,13H2,1-2H3. The molecular weight excluding hydrogens is 457 g/mol. The van der Waals surface area contributed by atoms with Gasteiger partial charge in [-0.15, -0.1) is 0 Å². The van der Waals surface area contributed by atoms with Gasteiger partial charge in [-0.25, -0.2) is 4.39 Å². The minimum absolute atomic E-state index is 0.0357. The monoisotopic (exact) mass is 475 g/mol. The molecule has 8 heteroatoms. The maximum atomic E-state index is 13.9. The number of nitriles is 1. The molecule has 1 N–H and O–H groups in total. The molecule has 0 atom stereocenters. The van der Waals surface area contributed by atoms with E-state index < -0.39 is 11.6 Å². The van der Waals surface area contributed by atoms with Gasteiger partial charge in [-0.05, 0) is 47.9 Å². The average Bonchev–Trinajstić information content (AvgIpc) is 2.87. The molecule has 0 unspecified atom stereocenters. The van der Waals surface area contributed by atoms with E-state index in [1.54, 1.807) is 44.7 Å². The van der Waals surface area contributed by atoms with Crippen LogP contribution in [0.25, 0.3) is 10.8 Å². The molecule has 1 heterocycles. The molecule has 170 valence electrons. The molecule has 0 aliphatic rings. The quantitative estimate of drug-likeness (QED) is 0.342. The topological polar surface area (TPSA) is 84.2 Å². The van der Waals surface area contributed by atoms with Crippen molar-refractivity contribution in [1.82, 2.24) is 4.98 Å². The third-order valence-corrected chi connectivity index (χ3v) is 5.75. The molecule has 0 saturated carbocycles. The maximum absolute atomic E-state index is 13.9. The number of halogens is 2. The number of methoxy groups -OCH3 is 2. The predicted molar refractivity (Wildman–Crippen MR) is 128 cm³/mol. The van der Waals surface area contributed by atoms with Crippen LogP contribution in [0.2, 0.25) is 5.02 Å². The third kappa shape index (κ3) is 4.36. The van der Waals surface area contributed by atoms with Gasteiger partial charge in [0.15, 0.2) is 5.78 Å². The lowest BCUT2D eigenvalue weighted by molar-refractivity contribution is 0.103. The Balaban J connectivity index is 1.85. The number of carbonyl (C=O) groups is 1. The smallest absolute Gasteiger partial charge is 0.198 e. The molecule has 0 aliphatic carbocycles. The summed E-state index contributed by atoms with van der Waals surface area (Å²) < 4.78 is 24.7. The Bertz CT molecular complexity index is 1450. The first-order chi connectivity index (χ1) is 16.5. The SMILES string of the molecule is COc1ccc(CNc2cc3ccncc3c(C#N)c2C(=O)c2cc(F)ccc2Cl)c(OC)c1. The van der Waals surface area contributed by atoms with E-state index in [9.17, 15) is 14.4 Å². The summed E-state index contributed by atoms with van der Waals surface area (Å²) in [6, 6.07) is 14.6. The van der Waals surface area contributed by atoms with Crippen LogP contribution in [0.4, 0.5) is 10.1 Å². The number of rotatable bonds is 7. The van der Waals surface area contributed by atoms with Gasteiger partial charge < -0.3 is 14.8 Å². The van der Waals surface area contributed by atoms with E-state index in [-0.39, 0.29) is 28.3 Å². The Labute approximate surface area is 200 Å². The molecule has 0 aliphatic heterocycles. The third-order valence-electron chi connectivity index (χ3n) is 5.42. The Morgan fingerprint density at radius 3 is 2.71 bits per heavy atom. The number of ketones is 1. The summed E-state index contributed by atoms with van der Waals surface area (Å²) >= 11 is 6.22. The summed E-state index contributed by atoms with van der Waals surface area (Å²) in [6.07, 6.45) is 3.12. The highest BCUT2D eigenvalue weighted by molar-refractivity contribution is 6.35. The fourth-order valence-electron chi connectivity index (χ4n) is 3.72. The van der Waals surface area contributed by atoms with Crippen molar-refractivity contribution in [1.29, 1.82) is 5.26 Å². The van der Waals surface area contributed by atoms with Crippen molar-refractivity contribution in [2.45, 2.75) is 6.54 Å². The predicted octanol–water partition coefficient (Wildman–Crippen LogP) is 5.76. The zero-order valence-corrected chi connectivity index (χ0v) is 19.1. The average molecular weight is 476 g/mol. The van der Waals surface area contributed by atoms with Crippen LogP contribution in [-0.4, -0.2) is 25.0 Å². The molecule has 0 radical (unpaired) electrons. The number of nitrogens with zero attached hydrogens (tertiary/aromatic N) is 2. The highest BCUT2D eigenvalue weighted by atomic mass is 35.5. The zero-order chi connectivity index (χ0) is 24.2. The molecule has 0 saturated heterocycles. The number of pyridine rings is 1. The number of ether oxygens (including phenoxy) is 2. The lowest BCUT2D eigenvalue weighted by Gasteiger charge is -2.17. The lowest BCUT2D eigenvalue weighted by atomic mass is 9.93. The second kappa shape index (κ2) is 9.77. The molecule has 0 amide bonds. The molecular formula is C26H19ClFN3O3. The minimum atomic E-state index is -0.605. The van der Waals surface area contributed by atoms with Gasteiger partial charge in [0.2, 0.25) is 0 Å². The summed E-state index contributed by atoms with van der Waals surface area (Å²) in [6.45, 7) is 0.284. The summed E-state index contributed by atoms with van der Waals surface area (Å²) in [4.78, 5) is 17.7. The zero-order valence-electron chi connectivity index (χ0n) is 18.4. The summed E-state index contributed by atoms with van der Waals surface area (Å²) in [7, 11) is 3.12. The van der Waals surface area contributed by atoms with Crippen molar-refractivity contribution in [3.8, 4) is 17.6 Å². The molecule has 34 heavy (non-hydrogen) atoms. The van der Waals surface area contributed by atoms with Crippen LogP contribution in [0.5, 0.6) is 11.5 Å². The van der Waals surface area contributed by atoms with E-state index in [1.807, 2.05) is 6.07 Å². The lowest BCUT2D eigenvalue weighted by Crippen LogP contribution is -2.12. The van der Waals surface area contributed by atoms with Crippen LogP contribution in [-0.2, 0) is 6.54 Å². The number of benzene rings is 3. The number of carbonyl (C=O) groups excluding carboxylic acids is 1. The Morgan fingerprint density at radius 2 is 1.97 bits per heavy atom. The van der Waals surface area contributed by atoms with Crippen LogP contribution in [0, 0.1) is 17.1 Å². The van der Waals surface area contributed by atoms with Crippen LogP contribution in [0.15, 0.2) is 60.9 Å². The molecule has 6 nitrogen and oxygen atoms in total. The fraction of sp³-hybridized carbons (Fsp3) is 0.115. The van der Waals surface area contributed by atoms with E-state index in [2.05, 4.69) is 16.4 Å². The van der Waals surface area contributed by atoms with Gasteiger partial charge >= 0.3 is 0 Å². The number of nitrogens with one attached hydrogen (secondary N) is 1. The van der Waals surface area contributed by atoms with E-state index >= 15 is 0 Å². The summed E-state index contributed by atoms with van der Waals surface area (Å²) in [5.74, 6) is 0.0581. The van der Waals surface area contributed by atoms with E-state index in [0.29, 0.717) is 22.6 Å². The van der Waals surface area contributed by atoms with Crippen molar-refractivity contribution in [2.24, 2.45) is 0 Å². The number of aromatic nitrogens is 1. The van der Waals surface area contributed by atoms with Gasteiger partial charge in [0.25, 0.3) is 0 Å². The van der Waals surface area contributed by atoms with Gasteiger partial charge in [0, 0.05) is 47.2 Å². The Hall–Kier alpha value is -4.15. The number of anilines is 1. The van der Waals surface area contributed by atoms with Crippen molar-refractivity contribution >= 4 is 33.8 Å². The normalized spacial score (nSPS) is 10.6. The van der Waals surface area contributed by atoms with Crippen molar-refractivity contribution in [3.05, 3.63) is 94.0 Å². The first-order valence-corrected chi connectivity index (χ1v) is 10.6. The first-order valence-electron chi connectivity index (χ1n) is 10.2. The highest BCUT2D eigenvalue weighted by Gasteiger charge is 2.24. The van der Waals surface area contributed by atoms with Crippen LogP contribution in [0.1, 0.15) is 27.0 Å². The van der Waals surface area contributed by atoms with Crippen LogP contribution in [0.3, 0.4) is 0 Å². The van der Waals surface area contributed by atoms with Crippen molar-refractivity contribution in [2.75, 3.05) is 19.5 Å². The fourth-order valence-corrected chi connectivity index (χ4v) is 3.93. The van der Waals surface area contributed by atoms with Gasteiger partial charge in [-0.1, -0.05) is 11.6 Å². The van der Waals surface area contributed by atoms with E-state index in [0.717, 1.165) is 17.0 Å². The Kier molecular flexibility index (Phi) is 6.62. The largest absolute Gasteiger partial charge is 0.497 e. The Morgan fingerprint density at radius 1 is 1.15 bits per heavy atom. The van der Waals surface area contributed by atoms with Crippen molar-refractivity contribution in [3.63, 3.8) is 0 Å². The molecule has 0 spiro atoms.